The molecular formula is C16H13ClN4S. The number of anilines is 1. The molecule has 3 heterocycles. The van der Waals surface area contributed by atoms with Gasteiger partial charge in [-0.15, -0.1) is 11.3 Å². The molecule has 22 heavy (non-hydrogen) atoms. The van der Waals surface area contributed by atoms with Gasteiger partial charge < -0.3 is 5.32 Å². The summed E-state index contributed by atoms with van der Waals surface area (Å²) in [5, 5.41) is 6.07. The van der Waals surface area contributed by atoms with Crippen LogP contribution in [0.1, 0.15) is 24.0 Å². The van der Waals surface area contributed by atoms with E-state index in [1.54, 1.807) is 23.9 Å². The van der Waals surface area contributed by atoms with Crippen molar-refractivity contribution >= 4 is 51.1 Å². The standard InChI is InChI=1S/C16H13ClN4S/c17-13-7-10(5-6-18-13)1-2-11-8-22-15-14(11)19-9-20-16(15)21-12-3-4-12/h1-2,5-9,12H,3-4H2,(H,19,20,21)/b2-1+. The van der Waals surface area contributed by atoms with Gasteiger partial charge >= 0.3 is 0 Å². The number of aromatic nitrogens is 3. The van der Waals surface area contributed by atoms with Crippen LogP contribution in [-0.4, -0.2) is 21.0 Å². The van der Waals surface area contributed by atoms with Crippen molar-refractivity contribution < 1.29 is 0 Å². The van der Waals surface area contributed by atoms with Gasteiger partial charge in [0.2, 0.25) is 0 Å². The number of halogens is 1. The number of nitrogens with one attached hydrogen (secondary N) is 1. The molecule has 110 valence electrons. The second-order valence-electron chi connectivity index (χ2n) is 5.25. The van der Waals surface area contributed by atoms with E-state index >= 15 is 0 Å². The van der Waals surface area contributed by atoms with E-state index in [1.807, 2.05) is 18.2 Å². The number of nitrogens with zero attached hydrogens (tertiary/aromatic N) is 3. The SMILES string of the molecule is Clc1cc(/C=C/c2csc3c(NC4CC4)ncnc23)ccn1. The van der Waals surface area contributed by atoms with Gasteiger partial charge in [0, 0.05) is 23.2 Å². The third kappa shape index (κ3) is 2.82. The maximum Gasteiger partial charge on any atom is 0.147 e. The van der Waals surface area contributed by atoms with Crippen LogP contribution in [0.3, 0.4) is 0 Å². The zero-order valence-electron chi connectivity index (χ0n) is 11.7. The first-order chi connectivity index (χ1) is 10.8. The van der Waals surface area contributed by atoms with Crippen molar-refractivity contribution in [1.82, 2.24) is 15.0 Å². The second-order valence-corrected chi connectivity index (χ2v) is 6.52. The Kier molecular flexibility index (Phi) is 3.52. The molecule has 1 fully saturated rings. The highest BCUT2D eigenvalue weighted by Gasteiger charge is 2.22. The number of hydrogen-bond donors (Lipinski definition) is 1. The molecule has 1 aliphatic rings. The van der Waals surface area contributed by atoms with Crippen LogP contribution in [0.5, 0.6) is 0 Å². The summed E-state index contributed by atoms with van der Waals surface area (Å²) in [5.41, 5.74) is 3.10. The Balaban J connectivity index is 1.67. The van der Waals surface area contributed by atoms with Crippen molar-refractivity contribution in [2.24, 2.45) is 0 Å². The first kappa shape index (κ1) is 13.7. The van der Waals surface area contributed by atoms with Crippen molar-refractivity contribution in [3.05, 3.63) is 46.3 Å². The lowest BCUT2D eigenvalue weighted by molar-refractivity contribution is 1.11. The molecule has 3 aromatic heterocycles. The van der Waals surface area contributed by atoms with Crippen LogP contribution < -0.4 is 5.32 Å². The van der Waals surface area contributed by atoms with E-state index in [2.05, 4.69) is 31.7 Å². The second kappa shape index (κ2) is 5.66. The molecule has 0 amide bonds. The largest absolute Gasteiger partial charge is 0.366 e. The predicted octanol–water partition coefficient (Wildman–Crippen LogP) is 4.48. The van der Waals surface area contributed by atoms with Crippen molar-refractivity contribution in [3.8, 4) is 0 Å². The molecule has 1 saturated carbocycles. The predicted molar refractivity (Wildman–Crippen MR) is 92.2 cm³/mol. The highest BCUT2D eigenvalue weighted by molar-refractivity contribution is 7.18. The molecule has 1 N–H and O–H groups in total. The van der Waals surface area contributed by atoms with Crippen LogP contribution >= 0.6 is 22.9 Å². The van der Waals surface area contributed by atoms with Gasteiger partial charge in [0.25, 0.3) is 0 Å². The molecule has 0 spiro atoms. The van der Waals surface area contributed by atoms with Crippen LogP contribution in [0.15, 0.2) is 30.0 Å². The minimum absolute atomic E-state index is 0.496. The molecule has 0 bridgehead atoms. The Labute approximate surface area is 136 Å². The summed E-state index contributed by atoms with van der Waals surface area (Å²) in [5.74, 6) is 0.948. The summed E-state index contributed by atoms with van der Waals surface area (Å²) < 4.78 is 1.11. The van der Waals surface area contributed by atoms with Gasteiger partial charge in [-0.3, -0.25) is 0 Å². The molecule has 1 aliphatic carbocycles. The van der Waals surface area contributed by atoms with Gasteiger partial charge in [-0.05, 0) is 30.5 Å². The summed E-state index contributed by atoms with van der Waals surface area (Å²) in [7, 11) is 0. The maximum absolute atomic E-state index is 5.90. The molecule has 0 aliphatic heterocycles. The fraction of sp³-hybridized carbons (Fsp3) is 0.188. The Morgan fingerprint density at radius 2 is 2.14 bits per heavy atom. The van der Waals surface area contributed by atoms with Gasteiger partial charge in [0.15, 0.2) is 0 Å². The van der Waals surface area contributed by atoms with Crippen molar-refractivity contribution in [3.63, 3.8) is 0 Å². The zero-order chi connectivity index (χ0) is 14.9. The molecule has 0 aromatic carbocycles. The van der Waals surface area contributed by atoms with Crippen LogP contribution in [0.4, 0.5) is 5.82 Å². The van der Waals surface area contributed by atoms with Gasteiger partial charge in [0.1, 0.15) is 17.3 Å². The highest BCUT2D eigenvalue weighted by Crippen LogP contribution is 2.33. The van der Waals surface area contributed by atoms with Crippen LogP contribution in [0.25, 0.3) is 22.4 Å². The minimum atomic E-state index is 0.496. The van der Waals surface area contributed by atoms with Crippen molar-refractivity contribution in [1.29, 1.82) is 0 Å². The third-order valence-corrected chi connectivity index (χ3v) is 4.71. The third-order valence-electron chi connectivity index (χ3n) is 3.51. The van der Waals surface area contributed by atoms with Crippen molar-refractivity contribution in [2.75, 3.05) is 5.32 Å². The van der Waals surface area contributed by atoms with Crippen molar-refractivity contribution in [2.45, 2.75) is 18.9 Å². The lowest BCUT2D eigenvalue weighted by atomic mass is 10.2. The summed E-state index contributed by atoms with van der Waals surface area (Å²) in [6, 6.07) is 4.34. The van der Waals surface area contributed by atoms with E-state index in [9.17, 15) is 0 Å². The van der Waals surface area contributed by atoms with Gasteiger partial charge in [0.05, 0.1) is 10.2 Å². The summed E-state index contributed by atoms with van der Waals surface area (Å²) in [4.78, 5) is 12.8. The van der Waals surface area contributed by atoms with Crippen LogP contribution in [-0.2, 0) is 0 Å². The van der Waals surface area contributed by atoms with Gasteiger partial charge in [-0.1, -0.05) is 23.8 Å². The van der Waals surface area contributed by atoms with E-state index < -0.39 is 0 Å². The zero-order valence-corrected chi connectivity index (χ0v) is 13.2. The van der Waals surface area contributed by atoms with Crippen LogP contribution in [0, 0.1) is 0 Å². The smallest absolute Gasteiger partial charge is 0.147 e. The number of hydrogen-bond acceptors (Lipinski definition) is 5. The quantitative estimate of drug-likeness (QED) is 0.717. The first-order valence-electron chi connectivity index (χ1n) is 7.08. The molecule has 0 atom stereocenters. The number of rotatable bonds is 4. The number of fused-ring (bicyclic) bond motifs is 1. The molecule has 4 nitrogen and oxygen atoms in total. The van der Waals surface area contributed by atoms with Crippen LogP contribution in [0.2, 0.25) is 5.15 Å². The molecule has 0 unspecified atom stereocenters. The Morgan fingerprint density at radius 1 is 1.23 bits per heavy atom. The fourth-order valence-electron chi connectivity index (χ4n) is 2.22. The average molecular weight is 329 g/mol. The Hall–Kier alpha value is -1.98. The molecule has 4 rings (SSSR count). The lowest BCUT2D eigenvalue weighted by Gasteiger charge is -2.03. The summed E-state index contributed by atoms with van der Waals surface area (Å²) in [6.45, 7) is 0. The van der Waals surface area contributed by atoms with Gasteiger partial charge in [-0.2, -0.15) is 0 Å². The first-order valence-corrected chi connectivity index (χ1v) is 8.34. The van der Waals surface area contributed by atoms with E-state index in [1.165, 1.54) is 12.8 Å². The average Bonchev–Trinajstić information content (AvgIpc) is 3.23. The highest BCUT2D eigenvalue weighted by atomic mass is 35.5. The van der Waals surface area contributed by atoms with E-state index in [0.717, 1.165) is 27.2 Å². The lowest BCUT2D eigenvalue weighted by Crippen LogP contribution is -2.03. The van der Waals surface area contributed by atoms with E-state index in [-0.39, 0.29) is 0 Å². The molecular weight excluding hydrogens is 316 g/mol. The molecule has 0 radical (unpaired) electrons. The monoisotopic (exact) mass is 328 g/mol. The van der Waals surface area contributed by atoms with E-state index in [4.69, 9.17) is 11.6 Å². The normalized spacial score (nSPS) is 14.8. The maximum atomic E-state index is 5.90. The molecule has 6 heteroatoms. The van der Waals surface area contributed by atoms with E-state index in [0.29, 0.717) is 11.2 Å². The molecule has 0 saturated heterocycles. The topological polar surface area (TPSA) is 50.7 Å². The summed E-state index contributed by atoms with van der Waals surface area (Å²) >= 11 is 7.58. The fourth-order valence-corrected chi connectivity index (χ4v) is 3.34. The Bertz CT molecular complexity index is 854. The minimum Gasteiger partial charge on any atom is -0.366 e. The van der Waals surface area contributed by atoms with Gasteiger partial charge in [-0.25, -0.2) is 15.0 Å². The summed E-state index contributed by atoms with van der Waals surface area (Å²) in [6.07, 6.45) is 9.86. The number of thiophene rings is 1. The Morgan fingerprint density at radius 3 is 2.95 bits per heavy atom. The molecule has 3 aromatic rings. The number of pyridine rings is 1.